The first kappa shape index (κ1) is 33.8. The molecule has 1 atom stereocenters. The van der Waals surface area contributed by atoms with Crippen LogP contribution in [0.3, 0.4) is 0 Å². The SMILES string of the molecule is CCCCCC/C=C\CCCCCCCCCCCCC#C[C@@H](OS(=O)(=O)[O-])C(=O)O.[Na+]. The molecule has 0 aliphatic heterocycles. The van der Waals surface area contributed by atoms with Crippen molar-refractivity contribution in [3.05, 3.63) is 12.2 Å². The van der Waals surface area contributed by atoms with E-state index in [0.717, 1.165) is 19.3 Å². The average molecular weight is 481 g/mol. The number of carboxylic acids is 1. The summed E-state index contributed by atoms with van der Waals surface area (Å²) in [4.78, 5) is 10.8. The van der Waals surface area contributed by atoms with Gasteiger partial charge < -0.3 is 9.66 Å². The van der Waals surface area contributed by atoms with Gasteiger partial charge in [0.2, 0.25) is 16.5 Å². The molecule has 32 heavy (non-hydrogen) atoms. The van der Waals surface area contributed by atoms with Gasteiger partial charge in [-0.3, -0.25) is 4.18 Å². The van der Waals surface area contributed by atoms with Gasteiger partial charge in [0.1, 0.15) is 0 Å². The van der Waals surface area contributed by atoms with E-state index >= 15 is 0 Å². The first-order valence-corrected chi connectivity index (χ1v) is 13.2. The fourth-order valence-corrected chi connectivity index (χ4v) is 3.59. The number of rotatable bonds is 20. The Kier molecular flexibility index (Phi) is 25.1. The molecule has 0 unspecified atom stereocenters. The van der Waals surface area contributed by atoms with Crippen LogP contribution in [0.25, 0.3) is 0 Å². The van der Waals surface area contributed by atoms with Gasteiger partial charge in [-0.05, 0) is 32.1 Å². The molecule has 0 bridgehead atoms. The largest absolute Gasteiger partial charge is 1.00 e. The Morgan fingerprint density at radius 1 is 0.875 bits per heavy atom. The zero-order valence-corrected chi connectivity index (χ0v) is 23.0. The Labute approximate surface area is 218 Å². The van der Waals surface area contributed by atoms with Crippen molar-refractivity contribution in [3.63, 3.8) is 0 Å². The average Bonchev–Trinajstić information content (AvgIpc) is 2.70. The molecule has 0 rings (SSSR count). The Morgan fingerprint density at radius 3 is 1.75 bits per heavy atom. The van der Waals surface area contributed by atoms with Crippen LogP contribution in [0.5, 0.6) is 0 Å². The molecule has 0 aromatic rings. The van der Waals surface area contributed by atoms with E-state index in [1.165, 1.54) is 83.5 Å². The van der Waals surface area contributed by atoms with Crippen LogP contribution in [-0.4, -0.2) is 30.2 Å². The van der Waals surface area contributed by atoms with Crippen LogP contribution in [0.4, 0.5) is 0 Å². The summed E-state index contributed by atoms with van der Waals surface area (Å²) >= 11 is 0. The van der Waals surface area contributed by atoms with Crippen LogP contribution in [0, 0.1) is 11.8 Å². The molecule has 0 aliphatic rings. The van der Waals surface area contributed by atoms with Crippen LogP contribution in [-0.2, 0) is 19.4 Å². The van der Waals surface area contributed by atoms with Crippen LogP contribution >= 0.6 is 0 Å². The van der Waals surface area contributed by atoms with Crippen LogP contribution in [0.1, 0.15) is 116 Å². The van der Waals surface area contributed by atoms with Gasteiger partial charge in [-0.2, -0.15) is 0 Å². The summed E-state index contributed by atoms with van der Waals surface area (Å²) in [5.41, 5.74) is 0. The first-order valence-electron chi connectivity index (χ1n) is 11.9. The molecule has 0 aliphatic carbocycles. The maximum atomic E-state index is 10.8. The third-order valence-electron chi connectivity index (χ3n) is 4.99. The molecule has 6 nitrogen and oxygen atoms in total. The molecule has 1 N–H and O–H groups in total. The van der Waals surface area contributed by atoms with E-state index in [-0.39, 0.29) is 29.6 Å². The van der Waals surface area contributed by atoms with Crippen LogP contribution in [0.2, 0.25) is 0 Å². The summed E-state index contributed by atoms with van der Waals surface area (Å²) in [5.74, 6) is 3.18. The normalized spacial score (nSPS) is 12.2. The second kappa shape index (κ2) is 23.8. The second-order valence-electron chi connectivity index (χ2n) is 7.94. The van der Waals surface area contributed by atoms with Gasteiger partial charge in [-0.15, -0.1) is 0 Å². The predicted octanol–water partition coefficient (Wildman–Crippen LogP) is 3.13. The van der Waals surface area contributed by atoms with E-state index in [1.54, 1.807) is 0 Å². The maximum Gasteiger partial charge on any atom is 1.00 e. The monoisotopic (exact) mass is 480 g/mol. The number of unbranched alkanes of at least 4 members (excludes halogenated alkanes) is 15. The molecule has 0 radical (unpaired) electrons. The summed E-state index contributed by atoms with van der Waals surface area (Å²) in [5, 5.41) is 8.76. The van der Waals surface area contributed by atoms with Gasteiger partial charge >= 0.3 is 35.5 Å². The first-order chi connectivity index (χ1) is 14.9. The molecule has 0 aromatic heterocycles. The number of aliphatic carboxylic acids is 1. The van der Waals surface area contributed by atoms with E-state index < -0.39 is 22.5 Å². The summed E-state index contributed by atoms with van der Waals surface area (Å²) in [6.45, 7) is 2.24. The topological polar surface area (TPSA) is 104 Å². The molecule has 0 fully saturated rings. The molecular weight excluding hydrogens is 439 g/mol. The van der Waals surface area contributed by atoms with Crippen LogP contribution in [0.15, 0.2) is 12.2 Å². The smallest absolute Gasteiger partial charge is 0.725 e. The van der Waals surface area contributed by atoms with Crippen molar-refractivity contribution < 1.29 is 56.6 Å². The Morgan fingerprint density at radius 2 is 1.31 bits per heavy atom. The van der Waals surface area contributed by atoms with Crippen molar-refractivity contribution >= 4 is 16.4 Å². The minimum absolute atomic E-state index is 0. The minimum atomic E-state index is -5.08. The fraction of sp³-hybridized carbons (Fsp3) is 0.792. The Hall–Kier alpha value is -0.360. The number of hydrogen-bond acceptors (Lipinski definition) is 5. The van der Waals surface area contributed by atoms with Gasteiger partial charge in [0.25, 0.3) is 0 Å². The number of allylic oxidation sites excluding steroid dienone is 2. The van der Waals surface area contributed by atoms with Crippen molar-refractivity contribution in [1.29, 1.82) is 0 Å². The van der Waals surface area contributed by atoms with E-state index in [1.807, 2.05) is 0 Å². The summed E-state index contributed by atoms with van der Waals surface area (Å²) in [6, 6.07) is 0. The predicted molar refractivity (Wildman–Crippen MR) is 123 cm³/mol. The molecule has 8 heteroatoms. The molecule has 0 aromatic carbocycles. The Bertz CT molecular complexity index is 637. The standard InChI is InChI=1S/C24H42O6S.Na/c1-2-3-4-5-6-7-8-9-10-11-12-13-14-15-16-17-18-19-20-21-22-23(24(25)26)30-31(27,28)29;/h7-8,23H,2-6,9-20H2,1H3,(H,25,26)(H,27,28,29);/q;+1/p-1/b8-7-;/t23-;/m1./s1. The van der Waals surface area contributed by atoms with E-state index in [9.17, 15) is 17.8 Å². The van der Waals surface area contributed by atoms with Gasteiger partial charge in [-0.1, -0.05) is 102 Å². The molecule has 180 valence electrons. The molecule has 0 amide bonds. The fourth-order valence-electron chi connectivity index (χ4n) is 3.22. The van der Waals surface area contributed by atoms with Crippen LogP contribution < -0.4 is 29.6 Å². The van der Waals surface area contributed by atoms with Crippen molar-refractivity contribution in [3.8, 4) is 11.8 Å². The third kappa shape index (κ3) is 25.9. The van der Waals surface area contributed by atoms with E-state index in [4.69, 9.17) is 5.11 Å². The third-order valence-corrected chi connectivity index (χ3v) is 5.41. The van der Waals surface area contributed by atoms with Crippen molar-refractivity contribution in [2.24, 2.45) is 0 Å². The minimum Gasteiger partial charge on any atom is -0.725 e. The molecule has 0 spiro atoms. The van der Waals surface area contributed by atoms with Gasteiger partial charge in [0.05, 0.1) is 0 Å². The van der Waals surface area contributed by atoms with Gasteiger partial charge in [0, 0.05) is 6.42 Å². The summed E-state index contributed by atoms with van der Waals surface area (Å²) in [7, 11) is -5.08. The van der Waals surface area contributed by atoms with Crippen molar-refractivity contribution in [2.75, 3.05) is 0 Å². The Balaban J connectivity index is 0. The number of carbonyl (C=O) groups is 1. The van der Waals surface area contributed by atoms with E-state index in [0.29, 0.717) is 6.42 Å². The van der Waals surface area contributed by atoms with Gasteiger partial charge in [0.15, 0.2) is 0 Å². The maximum absolute atomic E-state index is 10.8. The summed E-state index contributed by atoms with van der Waals surface area (Å²) in [6.07, 6.45) is 22.8. The molecule has 0 heterocycles. The van der Waals surface area contributed by atoms with Crippen molar-refractivity contribution in [1.82, 2.24) is 0 Å². The zero-order valence-electron chi connectivity index (χ0n) is 20.1. The number of hydrogen-bond donors (Lipinski definition) is 1. The zero-order chi connectivity index (χ0) is 23.2. The molecule has 0 saturated heterocycles. The van der Waals surface area contributed by atoms with Gasteiger partial charge in [-0.25, -0.2) is 13.2 Å². The summed E-state index contributed by atoms with van der Waals surface area (Å²) < 4.78 is 35.2. The quantitative estimate of drug-likeness (QED) is 0.0717. The number of carboxylic acid groups (broad SMARTS) is 1. The second-order valence-corrected chi connectivity index (χ2v) is 8.95. The van der Waals surface area contributed by atoms with E-state index in [2.05, 4.69) is 35.1 Å². The van der Waals surface area contributed by atoms with Crippen molar-refractivity contribution in [2.45, 2.75) is 122 Å². The molecular formula is C24H41NaO6S. The molecule has 0 saturated carbocycles.